The second-order valence-electron chi connectivity index (χ2n) is 7.24. The fraction of sp³-hybridized carbons (Fsp3) is 0.273. The summed E-state index contributed by atoms with van der Waals surface area (Å²) in [7, 11) is 0. The highest BCUT2D eigenvalue weighted by molar-refractivity contribution is 6.06. The Morgan fingerprint density at radius 3 is 2.33 bits per heavy atom. The van der Waals surface area contributed by atoms with E-state index in [4.69, 9.17) is 0 Å². The topological polar surface area (TPSA) is 73.4 Å². The van der Waals surface area contributed by atoms with Crippen LogP contribution in [0.15, 0.2) is 54.7 Å². The van der Waals surface area contributed by atoms with E-state index in [0.717, 1.165) is 27.7 Å². The molecular formula is C22H22N2O3. The maximum absolute atomic E-state index is 13.7. The Morgan fingerprint density at radius 1 is 1.07 bits per heavy atom. The first-order chi connectivity index (χ1) is 13.0. The number of aromatic amines is 1. The fourth-order valence-electron chi connectivity index (χ4n) is 4.32. The number of anilines is 1. The summed E-state index contributed by atoms with van der Waals surface area (Å²) < 4.78 is 0. The third-order valence-corrected chi connectivity index (χ3v) is 5.54. The zero-order valence-corrected chi connectivity index (χ0v) is 15.2. The van der Waals surface area contributed by atoms with Gasteiger partial charge in [0.25, 0.3) is 0 Å². The van der Waals surface area contributed by atoms with Crippen LogP contribution in [0.3, 0.4) is 0 Å². The molecule has 5 nitrogen and oxygen atoms in total. The van der Waals surface area contributed by atoms with Gasteiger partial charge in [-0.15, -0.1) is 0 Å². The normalized spacial score (nSPS) is 14.9. The Bertz CT molecular complexity index is 996. The second-order valence-corrected chi connectivity index (χ2v) is 7.24. The van der Waals surface area contributed by atoms with Crippen LogP contribution < -0.4 is 4.90 Å². The first-order valence-electron chi connectivity index (χ1n) is 9.21. The second kappa shape index (κ2) is 6.58. The quantitative estimate of drug-likeness (QED) is 0.725. The molecular weight excluding hydrogens is 340 g/mol. The van der Waals surface area contributed by atoms with Gasteiger partial charge in [0.05, 0.1) is 17.5 Å². The number of H-pyrrole nitrogens is 1. The van der Waals surface area contributed by atoms with Crippen molar-refractivity contribution in [2.75, 3.05) is 11.4 Å². The van der Waals surface area contributed by atoms with E-state index in [0.29, 0.717) is 19.4 Å². The van der Waals surface area contributed by atoms with Crippen LogP contribution in [0.4, 0.5) is 5.69 Å². The van der Waals surface area contributed by atoms with Crippen molar-refractivity contribution in [3.05, 3.63) is 65.9 Å². The van der Waals surface area contributed by atoms with Gasteiger partial charge in [-0.3, -0.25) is 9.59 Å². The highest BCUT2D eigenvalue weighted by atomic mass is 16.4. The number of benzene rings is 2. The number of aliphatic carboxylic acids is 1. The molecule has 27 heavy (non-hydrogen) atoms. The number of hydrogen-bond acceptors (Lipinski definition) is 2. The van der Waals surface area contributed by atoms with Gasteiger partial charge >= 0.3 is 5.97 Å². The van der Waals surface area contributed by atoms with E-state index >= 15 is 0 Å². The van der Waals surface area contributed by atoms with E-state index in [2.05, 4.69) is 4.98 Å². The van der Waals surface area contributed by atoms with Crippen molar-refractivity contribution >= 4 is 28.5 Å². The summed E-state index contributed by atoms with van der Waals surface area (Å²) in [6, 6.07) is 15.7. The largest absolute Gasteiger partial charge is 0.481 e. The van der Waals surface area contributed by atoms with Crippen molar-refractivity contribution < 1.29 is 14.7 Å². The van der Waals surface area contributed by atoms with E-state index in [-0.39, 0.29) is 12.3 Å². The molecule has 5 heteroatoms. The molecule has 1 heterocycles. The molecule has 0 radical (unpaired) electrons. The van der Waals surface area contributed by atoms with Crippen molar-refractivity contribution in [3.8, 4) is 0 Å². The van der Waals surface area contributed by atoms with Gasteiger partial charge in [-0.25, -0.2) is 0 Å². The molecule has 0 bridgehead atoms. The molecule has 0 fully saturated rings. The van der Waals surface area contributed by atoms with E-state index in [9.17, 15) is 14.7 Å². The molecule has 0 saturated carbocycles. The number of carboxylic acid groups (broad SMARTS) is 1. The van der Waals surface area contributed by atoms with Gasteiger partial charge in [-0.1, -0.05) is 42.5 Å². The van der Waals surface area contributed by atoms with E-state index < -0.39 is 11.4 Å². The Morgan fingerprint density at radius 2 is 1.70 bits per heavy atom. The Balaban J connectivity index is 1.76. The van der Waals surface area contributed by atoms with E-state index in [1.165, 1.54) is 0 Å². The summed E-state index contributed by atoms with van der Waals surface area (Å²) in [5.41, 5.74) is 2.97. The molecule has 1 aromatic heterocycles. The predicted molar refractivity (Wildman–Crippen MR) is 105 cm³/mol. The molecule has 4 rings (SSSR count). The van der Waals surface area contributed by atoms with Crippen molar-refractivity contribution in [1.29, 1.82) is 0 Å². The number of nitrogens with zero attached hydrogens (tertiary/aromatic N) is 1. The molecule has 0 unspecified atom stereocenters. The van der Waals surface area contributed by atoms with Crippen molar-refractivity contribution in [2.24, 2.45) is 5.41 Å². The van der Waals surface area contributed by atoms with Crippen LogP contribution in [0, 0.1) is 5.41 Å². The first kappa shape index (κ1) is 17.3. The van der Waals surface area contributed by atoms with Crippen LogP contribution in [0.25, 0.3) is 10.9 Å². The highest BCUT2D eigenvalue weighted by Gasteiger charge is 2.47. The van der Waals surface area contributed by atoms with Crippen LogP contribution in [0.5, 0.6) is 0 Å². The van der Waals surface area contributed by atoms with Crippen molar-refractivity contribution in [3.63, 3.8) is 0 Å². The number of hydrogen-bond donors (Lipinski definition) is 2. The third-order valence-electron chi connectivity index (χ3n) is 5.54. The number of fused-ring (bicyclic) bond motifs is 2. The lowest BCUT2D eigenvalue weighted by Crippen LogP contribution is -2.46. The molecule has 0 atom stereocenters. The standard InChI is InChI=1S/C22H22N2O3/c1-2-24(19-14-23-18-10-6-5-9-17(18)19)21(27)22(13-20(25)26)11-15-7-3-4-8-16(15)12-22/h3-10,14,23H,2,11-13H2,1H3,(H,25,26). The van der Waals surface area contributed by atoms with Gasteiger partial charge in [0.1, 0.15) is 0 Å². The minimum Gasteiger partial charge on any atom is -0.481 e. The summed E-state index contributed by atoms with van der Waals surface area (Å²) in [6.45, 7) is 2.41. The average molecular weight is 362 g/mol. The minimum absolute atomic E-state index is 0.117. The number of carbonyl (C=O) groups is 2. The number of aromatic nitrogens is 1. The van der Waals surface area contributed by atoms with Crippen LogP contribution in [0.1, 0.15) is 24.5 Å². The highest BCUT2D eigenvalue weighted by Crippen LogP contribution is 2.42. The number of amides is 1. The average Bonchev–Trinajstić information content (AvgIpc) is 3.24. The van der Waals surface area contributed by atoms with Gasteiger partial charge in [0.15, 0.2) is 0 Å². The SMILES string of the molecule is CCN(C(=O)C1(CC(=O)O)Cc2ccccc2C1)c1c[nH]c2ccccc12. The number of carbonyl (C=O) groups excluding carboxylic acids is 1. The van der Waals surface area contributed by atoms with Gasteiger partial charge in [-0.05, 0) is 37.0 Å². The molecule has 138 valence electrons. The monoisotopic (exact) mass is 362 g/mol. The van der Waals surface area contributed by atoms with Gasteiger partial charge < -0.3 is 15.0 Å². The summed E-state index contributed by atoms with van der Waals surface area (Å²) >= 11 is 0. The summed E-state index contributed by atoms with van der Waals surface area (Å²) in [5, 5.41) is 10.5. The molecule has 0 spiro atoms. The molecule has 1 aliphatic carbocycles. The van der Waals surface area contributed by atoms with Crippen LogP contribution in [-0.2, 0) is 22.4 Å². The van der Waals surface area contributed by atoms with Crippen LogP contribution in [0.2, 0.25) is 0 Å². The zero-order chi connectivity index (χ0) is 19.0. The Labute approximate surface area is 157 Å². The predicted octanol–water partition coefficient (Wildman–Crippen LogP) is 3.78. The number of carboxylic acids is 1. The van der Waals surface area contributed by atoms with Gasteiger partial charge in [-0.2, -0.15) is 0 Å². The molecule has 0 saturated heterocycles. The lowest BCUT2D eigenvalue weighted by atomic mass is 9.79. The van der Waals surface area contributed by atoms with Gasteiger partial charge in [0, 0.05) is 23.6 Å². The molecule has 3 aromatic rings. The Hall–Kier alpha value is -3.08. The number of rotatable bonds is 5. The maximum atomic E-state index is 13.7. The molecule has 1 aliphatic rings. The lowest BCUT2D eigenvalue weighted by molar-refractivity contribution is -0.144. The van der Waals surface area contributed by atoms with E-state index in [1.54, 1.807) is 4.90 Å². The number of para-hydroxylation sites is 1. The summed E-state index contributed by atoms with van der Waals surface area (Å²) in [6.07, 6.45) is 2.60. The zero-order valence-electron chi connectivity index (χ0n) is 15.2. The van der Waals surface area contributed by atoms with Gasteiger partial charge in [0.2, 0.25) is 5.91 Å². The van der Waals surface area contributed by atoms with Crippen molar-refractivity contribution in [2.45, 2.75) is 26.2 Å². The van der Waals surface area contributed by atoms with Crippen LogP contribution >= 0.6 is 0 Å². The third kappa shape index (κ3) is 2.89. The smallest absolute Gasteiger partial charge is 0.304 e. The fourth-order valence-corrected chi connectivity index (χ4v) is 4.32. The summed E-state index contributed by atoms with van der Waals surface area (Å²) in [5.74, 6) is -1.06. The summed E-state index contributed by atoms with van der Waals surface area (Å²) in [4.78, 5) is 30.3. The van der Waals surface area contributed by atoms with Crippen molar-refractivity contribution in [1.82, 2.24) is 4.98 Å². The maximum Gasteiger partial charge on any atom is 0.304 e. The van der Waals surface area contributed by atoms with E-state index in [1.807, 2.05) is 61.7 Å². The number of nitrogens with one attached hydrogen (secondary N) is 1. The Kier molecular flexibility index (Phi) is 4.22. The molecule has 1 amide bonds. The molecule has 2 aromatic carbocycles. The molecule has 0 aliphatic heterocycles. The lowest BCUT2D eigenvalue weighted by Gasteiger charge is -2.32. The van der Waals surface area contributed by atoms with Crippen LogP contribution in [-0.4, -0.2) is 28.5 Å². The first-order valence-corrected chi connectivity index (χ1v) is 9.21. The molecule has 2 N–H and O–H groups in total. The minimum atomic E-state index is -0.941.